The number of carbonyl (C=O) groups is 2. The molecule has 0 bridgehead atoms. The lowest BCUT2D eigenvalue weighted by Crippen LogP contribution is -2.39. The fourth-order valence-electron chi connectivity index (χ4n) is 3.87. The van der Waals surface area contributed by atoms with Crippen LogP contribution in [0.2, 0.25) is 0 Å². The van der Waals surface area contributed by atoms with E-state index in [1.165, 1.54) is 17.0 Å². The van der Waals surface area contributed by atoms with Crippen LogP contribution in [0.4, 0.5) is 10.1 Å². The molecule has 1 amide bonds. The standard InChI is InChI=1S/C23H23FN2O3/c24-19-11-9-18(10-12-19)23(13-4-5-14-23)22(28)29-17-21(27)26(16-6-15-25)20-7-2-1-3-8-20/h1-3,7-12H,4-6,13-14,16-17H2. The molecule has 2 aromatic carbocycles. The highest BCUT2D eigenvalue weighted by atomic mass is 19.1. The number of hydrogen-bond acceptors (Lipinski definition) is 4. The first kappa shape index (κ1) is 20.5. The minimum absolute atomic E-state index is 0.175. The zero-order chi connectivity index (χ0) is 20.7. The lowest BCUT2D eigenvalue weighted by Gasteiger charge is -2.28. The topological polar surface area (TPSA) is 70.4 Å². The molecule has 5 nitrogen and oxygen atoms in total. The van der Waals surface area contributed by atoms with E-state index in [9.17, 15) is 14.0 Å². The minimum Gasteiger partial charge on any atom is -0.455 e. The third-order valence-electron chi connectivity index (χ3n) is 5.39. The van der Waals surface area contributed by atoms with E-state index in [-0.39, 0.29) is 24.7 Å². The molecule has 1 aliphatic carbocycles. The maximum Gasteiger partial charge on any atom is 0.317 e. The summed E-state index contributed by atoms with van der Waals surface area (Å²) in [4.78, 5) is 27.2. The number of ether oxygens (including phenoxy) is 1. The number of anilines is 1. The van der Waals surface area contributed by atoms with Crippen molar-refractivity contribution in [3.05, 3.63) is 66.0 Å². The van der Waals surface area contributed by atoms with Crippen LogP contribution in [0.25, 0.3) is 0 Å². The van der Waals surface area contributed by atoms with Crippen molar-refractivity contribution in [3.8, 4) is 6.07 Å². The lowest BCUT2D eigenvalue weighted by atomic mass is 9.79. The van der Waals surface area contributed by atoms with Crippen LogP contribution in [-0.2, 0) is 19.7 Å². The number of halogens is 1. The molecule has 3 rings (SSSR count). The molecule has 150 valence electrons. The highest BCUT2D eigenvalue weighted by Crippen LogP contribution is 2.42. The summed E-state index contributed by atoms with van der Waals surface area (Å²) in [5.74, 6) is -1.20. The molecule has 0 atom stereocenters. The van der Waals surface area contributed by atoms with Crippen molar-refractivity contribution in [2.75, 3.05) is 18.1 Å². The summed E-state index contributed by atoms with van der Waals surface area (Å²) in [6.45, 7) is -0.178. The second kappa shape index (κ2) is 9.33. The van der Waals surface area contributed by atoms with Gasteiger partial charge in [-0.2, -0.15) is 5.26 Å². The maximum absolute atomic E-state index is 13.3. The van der Waals surface area contributed by atoms with E-state index in [1.54, 1.807) is 36.4 Å². The summed E-state index contributed by atoms with van der Waals surface area (Å²) >= 11 is 0. The van der Waals surface area contributed by atoms with E-state index in [1.807, 2.05) is 12.1 Å². The molecular formula is C23H23FN2O3. The van der Waals surface area contributed by atoms with Gasteiger partial charge >= 0.3 is 5.97 Å². The summed E-state index contributed by atoms with van der Waals surface area (Å²) in [6, 6.07) is 16.9. The SMILES string of the molecule is N#CCCN(C(=O)COC(=O)C1(c2ccc(F)cc2)CCCC1)c1ccccc1. The molecule has 0 spiro atoms. The van der Waals surface area contributed by atoms with E-state index in [0.29, 0.717) is 18.5 Å². The molecule has 1 saturated carbocycles. The first-order chi connectivity index (χ1) is 14.1. The van der Waals surface area contributed by atoms with Crippen molar-refractivity contribution in [2.45, 2.75) is 37.5 Å². The second-order valence-corrected chi connectivity index (χ2v) is 7.16. The number of hydrogen-bond donors (Lipinski definition) is 0. The Balaban J connectivity index is 1.72. The number of para-hydroxylation sites is 1. The predicted molar refractivity (Wildman–Crippen MR) is 107 cm³/mol. The van der Waals surface area contributed by atoms with Gasteiger partial charge in [0.25, 0.3) is 5.91 Å². The number of rotatable bonds is 7. The fraction of sp³-hybridized carbons (Fsp3) is 0.348. The monoisotopic (exact) mass is 394 g/mol. The minimum atomic E-state index is -0.835. The fourth-order valence-corrected chi connectivity index (χ4v) is 3.87. The molecule has 2 aromatic rings. The molecular weight excluding hydrogens is 371 g/mol. The third-order valence-corrected chi connectivity index (χ3v) is 5.39. The molecule has 0 saturated heterocycles. The molecule has 0 heterocycles. The maximum atomic E-state index is 13.3. The molecule has 1 aliphatic rings. The van der Waals surface area contributed by atoms with Crippen molar-refractivity contribution in [1.29, 1.82) is 5.26 Å². The average molecular weight is 394 g/mol. The largest absolute Gasteiger partial charge is 0.455 e. The van der Waals surface area contributed by atoms with Crippen LogP contribution in [0, 0.1) is 17.1 Å². The quantitative estimate of drug-likeness (QED) is 0.662. The summed E-state index contributed by atoms with van der Waals surface area (Å²) in [7, 11) is 0. The third kappa shape index (κ3) is 4.62. The van der Waals surface area contributed by atoms with Gasteiger partial charge < -0.3 is 9.64 Å². The van der Waals surface area contributed by atoms with Gasteiger partial charge in [0, 0.05) is 12.2 Å². The Kier molecular flexibility index (Phi) is 6.61. The number of nitriles is 1. The molecule has 0 aromatic heterocycles. The predicted octanol–water partition coefficient (Wildman–Crippen LogP) is 4.13. The van der Waals surface area contributed by atoms with Gasteiger partial charge in [-0.05, 0) is 42.7 Å². The number of esters is 1. The molecule has 1 fully saturated rings. The lowest BCUT2D eigenvalue weighted by molar-refractivity contribution is -0.153. The van der Waals surface area contributed by atoms with Crippen molar-refractivity contribution in [2.24, 2.45) is 0 Å². The Labute approximate surface area is 169 Å². The average Bonchev–Trinajstić information content (AvgIpc) is 3.25. The van der Waals surface area contributed by atoms with Gasteiger partial charge in [-0.15, -0.1) is 0 Å². The highest BCUT2D eigenvalue weighted by molar-refractivity contribution is 5.96. The molecule has 6 heteroatoms. The van der Waals surface area contributed by atoms with Crippen molar-refractivity contribution < 1.29 is 18.7 Å². The number of amides is 1. The Morgan fingerprint density at radius 1 is 1.07 bits per heavy atom. The van der Waals surface area contributed by atoms with E-state index in [2.05, 4.69) is 0 Å². The van der Waals surface area contributed by atoms with Crippen LogP contribution in [0.1, 0.15) is 37.7 Å². The van der Waals surface area contributed by atoms with Crippen LogP contribution < -0.4 is 4.90 Å². The van der Waals surface area contributed by atoms with Gasteiger partial charge in [-0.3, -0.25) is 9.59 Å². The van der Waals surface area contributed by atoms with Crippen LogP contribution >= 0.6 is 0 Å². The first-order valence-corrected chi connectivity index (χ1v) is 9.72. The molecule has 0 unspecified atom stereocenters. The number of benzene rings is 2. The Bertz CT molecular complexity index is 885. The van der Waals surface area contributed by atoms with Gasteiger partial charge in [0.1, 0.15) is 5.82 Å². The van der Waals surface area contributed by atoms with Crippen LogP contribution in [-0.4, -0.2) is 25.0 Å². The number of nitrogens with zero attached hydrogens (tertiary/aromatic N) is 2. The summed E-state index contributed by atoms with van der Waals surface area (Å²) in [5.41, 5.74) is 0.536. The van der Waals surface area contributed by atoms with Crippen LogP contribution in [0.3, 0.4) is 0 Å². The van der Waals surface area contributed by atoms with Gasteiger partial charge in [0.05, 0.1) is 17.9 Å². The van der Waals surface area contributed by atoms with E-state index < -0.39 is 18.0 Å². The molecule has 0 radical (unpaired) electrons. The van der Waals surface area contributed by atoms with Gasteiger partial charge in [-0.25, -0.2) is 4.39 Å². The first-order valence-electron chi connectivity index (χ1n) is 9.72. The zero-order valence-corrected chi connectivity index (χ0v) is 16.1. The zero-order valence-electron chi connectivity index (χ0n) is 16.1. The summed E-state index contributed by atoms with van der Waals surface area (Å²) in [5, 5.41) is 8.88. The van der Waals surface area contributed by atoms with Crippen LogP contribution in [0.15, 0.2) is 54.6 Å². The molecule has 29 heavy (non-hydrogen) atoms. The summed E-state index contributed by atoms with van der Waals surface area (Å²) < 4.78 is 18.8. The Morgan fingerprint density at radius 2 is 1.72 bits per heavy atom. The molecule has 0 aliphatic heterocycles. The van der Waals surface area contributed by atoms with Crippen molar-refractivity contribution >= 4 is 17.6 Å². The van der Waals surface area contributed by atoms with Crippen LogP contribution in [0.5, 0.6) is 0 Å². The molecule has 0 N–H and O–H groups in total. The van der Waals surface area contributed by atoms with E-state index in [4.69, 9.17) is 10.00 Å². The number of carbonyl (C=O) groups excluding carboxylic acids is 2. The summed E-state index contributed by atoms with van der Waals surface area (Å²) in [6.07, 6.45) is 3.15. The van der Waals surface area contributed by atoms with Crippen molar-refractivity contribution in [3.63, 3.8) is 0 Å². The van der Waals surface area contributed by atoms with E-state index in [0.717, 1.165) is 18.4 Å². The van der Waals surface area contributed by atoms with Crippen molar-refractivity contribution in [1.82, 2.24) is 0 Å². The highest BCUT2D eigenvalue weighted by Gasteiger charge is 2.44. The second-order valence-electron chi connectivity index (χ2n) is 7.16. The normalized spacial score (nSPS) is 14.8. The van der Waals surface area contributed by atoms with E-state index >= 15 is 0 Å². The van der Waals surface area contributed by atoms with Gasteiger partial charge in [-0.1, -0.05) is 43.2 Å². The van der Waals surface area contributed by atoms with Gasteiger partial charge in [0.15, 0.2) is 6.61 Å². The van der Waals surface area contributed by atoms with Gasteiger partial charge in [0.2, 0.25) is 0 Å². The Morgan fingerprint density at radius 3 is 2.34 bits per heavy atom. The smallest absolute Gasteiger partial charge is 0.317 e. The Hall–Kier alpha value is -3.20.